The summed E-state index contributed by atoms with van der Waals surface area (Å²) in [5.74, 6) is 0.501. The van der Waals surface area contributed by atoms with Gasteiger partial charge in [-0.1, -0.05) is 0 Å². The highest BCUT2D eigenvalue weighted by atomic mass is 32.1. The fraction of sp³-hybridized carbons (Fsp3) is 0.600. The van der Waals surface area contributed by atoms with Gasteiger partial charge in [0.15, 0.2) is 0 Å². The fourth-order valence-corrected chi connectivity index (χ4v) is 3.42. The molecule has 114 valence electrons. The van der Waals surface area contributed by atoms with Crippen molar-refractivity contribution in [1.82, 2.24) is 4.90 Å². The molecule has 1 amide bonds. The zero-order valence-electron chi connectivity index (χ0n) is 12.3. The van der Waals surface area contributed by atoms with Crippen LogP contribution < -0.4 is 11.1 Å². The van der Waals surface area contributed by atoms with Crippen LogP contribution >= 0.6 is 11.3 Å². The molecule has 0 aliphatic carbocycles. The summed E-state index contributed by atoms with van der Waals surface area (Å²) in [6.45, 7) is 4.83. The summed E-state index contributed by atoms with van der Waals surface area (Å²) in [5, 5.41) is 14.2. The molecular weight excluding hydrogens is 284 g/mol. The van der Waals surface area contributed by atoms with E-state index >= 15 is 0 Å². The molecule has 1 aliphatic rings. The number of rotatable bonds is 5. The van der Waals surface area contributed by atoms with Crippen molar-refractivity contribution in [2.24, 2.45) is 11.7 Å². The summed E-state index contributed by atoms with van der Waals surface area (Å²) >= 11 is 1.38. The number of carbonyl (C=O) groups is 1. The molecule has 1 aromatic rings. The zero-order valence-corrected chi connectivity index (χ0v) is 13.2. The van der Waals surface area contributed by atoms with Crippen molar-refractivity contribution in [2.75, 3.05) is 25.0 Å². The number of nitrogens with zero attached hydrogens (tertiary/aromatic N) is 2. The SMILES string of the molecule is CC(N)C1CCCN(CCC(=O)Nc2sccc2C#N)C1. The van der Waals surface area contributed by atoms with Gasteiger partial charge < -0.3 is 16.0 Å². The number of thiophene rings is 1. The minimum atomic E-state index is -0.0307. The van der Waals surface area contributed by atoms with Crippen LogP contribution in [0.25, 0.3) is 0 Å². The molecule has 1 aliphatic heterocycles. The third-order valence-electron chi connectivity index (χ3n) is 3.98. The van der Waals surface area contributed by atoms with Crippen molar-refractivity contribution in [3.8, 4) is 6.07 Å². The third-order valence-corrected chi connectivity index (χ3v) is 4.81. The molecule has 2 heterocycles. The summed E-state index contributed by atoms with van der Waals surface area (Å²) in [7, 11) is 0. The molecule has 1 saturated heterocycles. The number of carbonyl (C=O) groups excluding carboxylic acids is 1. The molecule has 0 spiro atoms. The lowest BCUT2D eigenvalue weighted by atomic mass is 9.92. The highest BCUT2D eigenvalue weighted by Crippen LogP contribution is 2.22. The van der Waals surface area contributed by atoms with Crippen LogP contribution in [0, 0.1) is 17.2 Å². The first-order chi connectivity index (χ1) is 10.1. The van der Waals surface area contributed by atoms with Gasteiger partial charge in [-0.15, -0.1) is 11.3 Å². The quantitative estimate of drug-likeness (QED) is 0.872. The van der Waals surface area contributed by atoms with Gasteiger partial charge >= 0.3 is 0 Å². The van der Waals surface area contributed by atoms with E-state index in [-0.39, 0.29) is 11.9 Å². The van der Waals surface area contributed by atoms with Crippen molar-refractivity contribution in [3.63, 3.8) is 0 Å². The Bertz CT molecular complexity index is 520. The van der Waals surface area contributed by atoms with Gasteiger partial charge in [-0.3, -0.25) is 4.79 Å². The zero-order chi connectivity index (χ0) is 15.2. The first-order valence-electron chi connectivity index (χ1n) is 7.35. The molecule has 2 unspecified atom stereocenters. The van der Waals surface area contributed by atoms with E-state index in [4.69, 9.17) is 11.0 Å². The number of nitrogens with two attached hydrogens (primary N) is 1. The number of nitriles is 1. The number of piperidine rings is 1. The van der Waals surface area contributed by atoms with Gasteiger partial charge in [0, 0.05) is 25.6 Å². The van der Waals surface area contributed by atoms with Crippen LogP contribution in [0.5, 0.6) is 0 Å². The third kappa shape index (κ3) is 4.53. The van der Waals surface area contributed by atoms with Crippen molar-refractivity contribution in [1.29, 1.82) is 5.26 Å². The van der Waals surface area contributed by atoms with E-state index in [2.05, 4.69) is 23.2 Å². The maximum Gasteiger partial charge on any atom is 0.226 e. The summed E-state index contributed by atoms with van der Waals surface area (Å²) in [6, 6.07) is 4.01. The second-order valence-electron chi connectivity index (χ2n) is 5.64. The van der Waals surface area contributed by atoms with Crippen molar-refractivity contribution in [2.45, 2.75) is 32.2 Å². The first-order valence-corrected chi connectivity index (χ1v) is 8.23. The van der Waals surface area contributed by atoms with E-state index in [9.17, 15) is 4.79 Å². The molecule has 3 N–H and O–H groups in total. The lowest BCUT2D eigenvalue weighted by Crippen LogP contribution is -2.43. The number of hydrogen-bond donors (Lipinski definition) is 2. The van der Waals surface area contributed by atoms with E-state index in [0.29, 0.717) is 22.9 Å². The first kappa shape index (κ1) is 16.0. The lowest BCUT2D eigenvalue weighted by Gasteiger charge is -2.34. The normalized spacial score (nSPS) is 20.7. The second-order valence-corrected chi connectivity index (χ2v) is 6.55. The van der Waals surface area contributed by atoms with Crippen LogP contribution in [-0.4, -0.2) is 36.5 Å². The number of likely N-dealkylation sites (tertiary alicyclic amines) is 1. The molecule has 1 fully saturated rings. The molecule has 21 heavy (non-hydrogen) atoms. The molecule has 0 aromatic carbocycles. The lowest BCUT2D eigenvalue weighted by molar-refractivity contribution is -0.116. The van der Waals surface area contributed by atoms with Crippen LogP contribution in [-0.2, 0) is 4.79 Å². The van der Waals surface area contributed by atoms with Crippen LogP contribution in [0.15, 0.2) is 11.4 Å². The maximum absolute atomic E-state index is 12.0. The van der Waals surface area contributed by atoms with E-state index < -0.39 is 0 Å². The Morgan fingerprint density at radius 2 is 2.52 bits per heavy atom. The van der Waals surface area contributed by atoms with Crippen LogP contribution in [0.3, 0.4) is 0 Å². The van der Waals surface area contributed by atoms with Crippen LogP contribution in [0.4, 0.5) is 5.00 Å². The minimum Gasteiger partial charge on any atom is -0.328 e. The smallest absolute Gasteiger partial charge is 0.226 e. The van der Waals surface area contributed by atoms with Gasteiger partial charge in [0.05, 0.1) is 5.56 Å². The predicted molar refractivity (Wildman–Crippen MR) is 85.1 cm³/mol. The van der Waals surface area contributed by atoms with E-state index in [1.54, 1.807) is 6.07 Å². The minimum absolute atomic E-state index is 0.0307. The molecule has 0 saturated carbocycles. The highest BCUT2D eigenvalue weighted by Gasteiger charge is 2.22. The Morgan fingerprint density at radius 3 is 3.24 bits per heavy atom. The fourth-order valence-electron chi connectivity index (χ4n) is 2.67. The average molecular weight is 306 g/mol. The Hall–Kier alpha value is -1.42. The monoisotopic (exact) mass is 306 g/mol. The summed E-state index contributed by atoms with van der Waals surface area (Å²) < 4.78 is 0. The molecule has 6 heteroatoms. The Labute approximate surface area is 129 Å². The molecule has 0 radical (unpaired) electrons. The Morgan fingerprint density at radius 1 is 1.71 bits per heavy atom. The van der Waals surface area contributed by atoms with Crippen molar-refractivity contribution >= 4 is 22.2 Å². The van der Waals surface area contributed by atoms with Crippen molar-refractivity contribution < 1.29 is 4.79 Å². The van der Waals surface area contributed by atoms with Crippen molar-refractivity contribution in [3.05, 3.63) is 17.0 Å². The summed E-state index contributed by atoms with van der Waals surface area (Å²) in [4.78, 5) is 14.3. The number of anilines is 1. The molecule has 5 nitrogen and oxygen atoms in total. The standard InChI is InChI=1S/C15H22N4OS/c1-11(17)13-3-2-6-19(10-13)7-4-14(20)18-15-12(9-16)5-8-21-15/h5,8,11,13H,2-4,6-7,10,17H2,1H3,(H,18,20). The topological polar surface area (TPSA) is 82.2 Å². The maximum atomic E-state index is 12.0. The molecule has 0 bridgehead atoms. The Kier molecular flexibility index (Phi) is 5.74. The van der Waals surface area contributed by atoms with E-state index in [1.807, 2.05) is 5.38 Å². The van der Waals surface area contributed by atoms with E-state index in [1.165, 1.54) is 17.8 Å². The van der Waals surface area contributed by atoms with Gasteiger partial charge in [-0.2, -0.15) is 5.26 Å². The predicted octanol–water partition coefficient (Wildman–Crippen LogP) is 2.01. The van der Waals surface area contributed by atoms with Gasteiger partial charge in [-0.05, 0) is 43.7 Å². The Balaban J connectivity index is 1.78. The second kappa shape index (κ2) is 7.55. The van der Waals surface area contributed by atoms with Crippen LogP contribution in [0.2, 0.25) is 0 Å². The van der Waals surface area contributed by atoms with Crippen LogP contribution in [0.1, 0.15) is 31.7 Å². The molecular formula is C15H22N4OS. The van der Waals surface area contributed by atoms with Gasteiger partial charge in [-0.25, -0.2) is 0 Å². The molecule has 2 atom stereocenters. The largest absolute Gasteiger partial charge is 0.328 e. The van der Waals surface area contributed by atoms with E-state index in [0.717, 1.165) is 26.1 Å². The number of hydrogen-bond acceptors (Lipinski definition) is 5. The summed E-state index contributed by atoms with van der Waals surface area (Å²) in [6.07, 6.45) is 2.78. The summed E-state index contributed by atoms with van der Waals surface area (Å²) in [5.41, 5.74) is 6.50. The number of amides is 1. The molecule has 2 rings (SSSR count). The number of nitrogens with one attached hydrogen (secondary N) is 1. The molecule has 1 aromatic heterocycles. The average Bonchev–Trinajstić information content (AvgIpc) is 2.92. The van der Waals surface area contributed by atoms with Gasteiger partial charge in [0.2, 0.25) is 5.91 Å². The van der Waals surface area contributed by atoms with Gasteiger partial charge in [0.25, 0.3) is 0 Å². The highest BCUT2D eigenvalue weighted by molar-refractivity contribution is 7.14. The van der Waals surface area contributed by atoms with Gasteiger partial charge in [0.1, 0.15) is 11.1 Å².